The van der Waals surface area contributed by atoms with Gasteiger partial charge in [0, 0.05) is 0 Å². The molecule has 0 aromatic carbocycles. The van der Waals surface area contributed by atoms with Gasteiger partial charge in [-0.3, -0.25) is 0 Å². The average Bonchev–Trinajstić information content (AvgIpc) is 2.37. The molecule has 1 aliphatic carbocycles. The topological polar surface area (TPSA) is 0 Å². The van der Waals surface area contributed by atoms with Crippen LogP contribution in [-0.4, -0.2) is 0 Å². The molecule has 1 rings (SSSR count). The van der Waals surface area contributed by atoms with Crippen LogP contribution in [0.15, 0.2) is 71.4 Å². The van der Waals surface area contributed by atoms with Gasteiger partial charge in [0.05, 0.1) is 0 Å². The first-order chi connectivity index (χ1) is 9.36. The van der Waals surface area contributed by atoms with Crippen LogP contribution >= 0.6 is 0 Å². The van der Waals surface area contributed by atoms with Crippen molar-refractivity contribution >= 4 is 0 Å². The fourth-order valence-electron chi connectivity index (χ4n) is 2.47. The minimum Gasteiger partial charge on any atom is -0.0988 e. The molecule has 1 aliphatic rings. The summed E-state index contributed by atoms with van der Waals surface area (Å²) in [6, 6.07) is 0. The summed E-state index contributed by atoms with van der Waals surface area (Å²) >= 11 is 0. The molecule has 0 aromatic heterocycles. The van der Waals surface area contributed by atoms with Crippen molar-refractivity contribution in [3.8, 4) is 0 Å². The van der Waals surface area contributed by atoms with Crippen LogP contribution in [-0.2, 0) is 0 Å². The normalized spacial score (nSPS) is 22.2. The van der Waals surface area contributed by atoms with Gasteiger partial charge in [0.2, 0.25) is 0 Å². The van der Waals surface area contributed by atoms with Gasteiger partial charge in [-0.05, 0) is 44.6 Å². The Bertz CT molecular complexity index is 502. The van der Waals surface area contributed by atoms with E-state index >= 15 is 0 Å². The van der Waals surface area contributed by atoms with E-state index in [0.717, 1.165) is 0 Å². The molecule has 0 spiro atoms. The molecule has 0 saturated carbocycles. The maximum Gasteiger partial charge on any atom is -0.00981 e. The Morgan fingerprint density at radius 2 is 1.90 bits per heavy atom. The first-order valence-electron chi connectivity index (χ1n) is 7.40. The molecule has 0 aliphatic heterocycles. The lowest BCUT2D eigenvalue weighted by molar-refractivity contribution is 0.404. The van der Waals surface area contributed by atoms with Gasteiger partial charge in [0.25, 0.3) is 0 Å². The molecule has 0 amide bonds. The molecule has 0 radical (unpaired) electrons. The van der Waals surface area contributed by atoms with Crippen molar-refractivity contribution in [3.63, 3.8) is 0 Å². The molecule has 0 heteroatoms. The molecule has 0 nitrogen and oxygen atoms in total. The zero-order valence-electron chi connectivity index (χ0n) is 13.7. The summed E-state index contributed by atoms with van der Waals surface area (Å²) in [5.74, 6) is 0. The second kappa shape index (κ2) is 7.28. The van der Waals surface area contributed by atoms with Crippen LogP contribution < -0.4 is 0 Å². The first kappa shape index (κ1) is 16.5. The quantitative estimate of drug-likeness (QED) is 0.524. The number of hydrogen-bond donors (Lipinski definition) is 0. The minimum absolute atomic E-state index is 0.290. The molecule has 0 unspecified atom stereocenters. The van der Waals surface area contributed by atoms with Crippen molar-refractivity contribution in [2.24, 2.45) is 5.41 Å². The number of rotatable bonds is 4. The summed E-state index contributed by atoms with van der Waals surface area (Å²) in [4.78, 5) is 0. The van der Waals surface area contributed by atoms with Crippen LogP contribution in [0.4, 0.5) is 0 Å². The third kappa shape index (κ3) is 4.85. The minimum atomic E-state index is 0.290. The van der Waals surface area contributed by atoms with Gasteiger partial charge in [-0.1, -0.05) is 79.7 Å². The molecule has 0 heterocycles. The van der Waals surface area contributed by atoms with E-state index in [0.29, 0.717) is 5.41 Å². The van der Waals surface area contributed by atoms with Crippen LogP contribution in [0.2, 0.25) is 0 Å². The lowest BCUT2D eigenvalue weighted by atomic mass is 9.73. The van der Waals surface area contributed by atoms with Crippen molar-refractivity contribution in [1.82, 2.24) is 0 Å². The molecule has 20 heavy (non-hydrogen) atoms. The molecule has 0 bridgehead atoms. The number of hydrogen-bond acceptors (Lipinski definition) is 0. The Morgan fingerprint density at radius 1 is 1.20 bits per heavy atom. The fourth-order valence-corrected chi connectivity index (χ4v) is 2.47. The molecule has 0 N–H and O–H groups in total. The van der Waals surface area contributed by atoms with Gasteiger partial charge < -0.3 is 0 Å². The van der Waals surface area contributed by atoms with E-state index in [9.17, 15) is 0 Å². The van der Waals surface area contributed by atoms with Crippen LogP contribution in [0.25, 0.3) is 0 Å². The fraction of sp³-hybridized carbons (Fsp3) is 0.400. The summed E-state index contributed by atoms with van der Waals surface area (Å²) in [5.41, 5.74) is 5.63. The lowest BCUT2D eigenvalue weighted by Crippen LogP contribution is -2.18. The molecular formula is C20H28. The van der Waals surface area contributed by atoms with Gasteiger partial charge >= 0.3 is 0 Å². The highest BCUT2D eigenvalue weighted by atomic mass is 14.3. The Kier molecular flexibility index (Phi) is 6.01. The Balaban J connectivity index is 2.88. The number of allylic oxidation sites excluding steroid dienone is 11. The summed E-state index contributed by atoms with van der Waals surface area (Å²) in [6.45, 7) is 14.8. The summed E-state index contributed by atoms with van der Waals surface area (Å²) in [5, 5.41) is 0. The van der Waals surface area contributed by atoms with E-state index < -0.39 is 0 Å². The van der Waals surface area contributed by atoms with Crippen molar-refractivity contribution in [1.29, 1.82) is 0 Å². The van der Waals surface area contributed by atoms with Crippen LogP contribution in [0, 0.1) is 5.41 Å². The summed E-state index contributed by atoms with van der Waals surface area (Å²) in [7, 11) is 0. The Labute approximate surface area is 125 Å². The Morgan fingerprint density at radius 3 is 2.50 bits per heavy atom. The van der Waals surface area contributed by atoms with E-state index in [2.05, 4.69) is 77.7 Å². The molecular weight excluding hydrogens is 240 g/mol. The van der Waals surface area contributed by atoms with Crippen LogP contribution in [0.5, 0.6) is 0 Å². The highest BCUT2D eigenvalue weighted by molar-refractivity contribution is 5.40. The standard InChI is InChI=1S/C20H28/c1-7-16(2)10-8-11-17(3)13-14-19-18(4)12-9-15-20(19,5)6/h7-8,10-14H,1,9,15H2,2-6H3. The highest BCUT2D eigenvalue weighted by Crippen LogP contribution is 2.40. The summed E-state index contributed by atoms with van der Waals surface area (Å²) in [6.07, 6.45) is 17.4. The van der Waals surface area contributed by atoms with Gasteiger partial charge in [0.1, 0.15) is 0 Å². The highest BCUT2D eigenvalue weighted by Gasteiger charge is 2.26. The Hall–Kier alpha value is -1.56. The molecule has 108 valence electrons. The van der Waals surface area contributed by atoms with Crippen LogP contribution in [0.3, 0.4) is 0 Å². The largest absolute Gasteiger partial charge is 0.0988 e. The predicted molar refractivity (Wildman–Crippen MR) is 91.7 cm³/mol. The maximum absolute atomic E-state index is 3.75. The van der Waals surface area contributed by atoms with Crippen LogP contribution in [0.1, 0.15) is 47.5 Å². The molecule has 0 atom stereocenters. The second-order valence-corrected chi connectivity index (χ2v) is 6.27. The van der Waals surface area contributed by atoms with Gasteiger partial charge in [0.15, 0.2) is 0 Å². The SMILES string of the molecule is C=CC(C)=CC=CC(C)=CC=C1C(C)=CCCC1(C)C. The molecule has 0 aromatic rings. The average molecular weight is 268 g/mol. The van der Waals surface area contributed by atoms with Crippen molar-refractivity contribution in [2.45, 2.75) is 47.5 Å². The van der Waals surface area contributed by atoms with Crippen molar-refractivity contribution < 1.29 is 0 Å². The van der Waals surface area contributed by atoms with Gasteiger partial charge in [-0.2, -0.15) is 0 Å². The van der Waals surface area contributed by atoms with Crippen molar-refractivity contribution in [2.75, 3.05) is 0 Å². The van der Waals surface area contributed by atoms with Crippen molar-refractivity contribution in [3.05, 3.63) is 71.4 Å². The molecule has 0 saturated heterocycles. The summed E-state index contributed by atoms with van der Waals surface area (Å²) < 4.78 is 0. The third-order valence-corrected chi connectivity index (χ3v) is 3.93. The van der Waals surface area contributed by atoms with E-state index in [1.165, 1.54) is 35.1 Å². The van der Waals surface area contributed by atoms with E-state index in [4.69, 9.17) is 0 Å². The van der Waals surface area contributed by atoms with E-state index in [1.807, 2.05) is 6.08 Å². The third-order valence-electron chi connectivity index (χ3n) is 3.93. The van der Waals surface area contributed by atoms with E-state index in [-0.39, 0.29) is 0 Å². The predicted octanol–water partition coefficient (Wildman–Crippen LogP) is 6.31. The van der Waals surface area contributed by atoms with Gasteiger partial charge in [-0.25, -0.2) is 0 Å². The van der Waals surface area contributed by atoms with E-state index in [1.54, 1.807) is 0 Å². The zero-order valence-corrected chi connectivity index (χ0v) is 13.7. The smallest absolute Gasteiger partial charge is 0.00981 e. The monoisotopic (exact) mass is 268 g/mol. The maximum atomic E-state index is 3.75. The first-order valence-corrected chi connectivity index (χ1v) is 7.40. The van der Waals surface area contributed by atoms with Gasteiger partial charge in [-0.15, -0.1) is 0 Å². The molecule has 0 fully saturated rings. The zero-order chi connectivity index (χ0) is 15.2. The second-order valence-electron chi connectivity index (χ2n) is 6.27. The lowest BCUT2D eigenvalue weighted by Gasteiger charge is -2.32.